The Hall–Kier alpha value is -2.95. The number of nitrogens with one attached hydrogen (secondary N) is 1. The Morgan fingerprint density at radius 1 is 1.12 bits per heavy atom. The average molecular weight is 349 g/mol. The monoisotopic (exact) mass is 349 g/mol. The van der Waals surface area contributed by atoms with E-state index in [0.29, 0.717) is 17.3 Å². The molecule has 0 unspecified atom stereocenters. The Labute approximate surface area is 153 Å². The van der Waals surface area contributed by atoms with E-state index < -0.39 is 0 Å². The lowest BCUT2D eigenvalue weighted by Gasteiger charge is -2.18. The molecular weight excluding hydrogens is 326 g/mol. The first-order valence-electron chi connectivity index (χ1n) is 8.61. The molecule has 2 aromatic carbocycles. The summed E-state index contributed by atoms with van der Waals surface area (Å²) in [5, 5.41) is 6.79. The lowest BCUT2D eigenvalue weighted by Crippen LogP contribution is -2.23. The zero-order valence-corrected chi connectivity index (χ0v) is 15.5. The van der Waals surface area contributed by atoms with Gasteiger partial charge < -0.3 is 9.84 Å². The number of rotatable bonds is 4. The molecule has 1 N–H and O–H groups in total. The normalized spacial score (nSPS) is 11.4. The number of aryl methyl sites for hydroxylation is 1. The first kappa shape index (κ1) is 17.9. The summed E-state index contributed by atoms with van der Waals surface area (Å²) in [4.78, 5) is 16.6. The Bertz CT molecular complexity index is 906. The first-order valence-corrected chi connectivity index (χ1v) is 8.61. The topological polar surface area (TPSA) is 68.0 Å². The van der Waals surface area contributed by atoms with Crippen molar-refractivity contribution in [3.05, 3.63) is 71.1 Å². The summed E-state index contributed by atoms with van der Waals surface area (Å²) in [6.45, 7) is 8.63. The van der Waals surface area contributed by atoms with Crippen LogP contribution in [-0.4, -0.2) is 16.0 Å². The van der Waals surface area contributed by atoms with Crippen LogP contribution in [0.25, 0.3) is 11.4 Å². The number of benzene rings is 2. The summed E-state index contributed by atoms with van der Waals surface area (Å²) in [6.07, 6.45) is 0. The molecule has 0 bridgehead atoms. The van der Waals surface area contributed by atoms with Crippen LogP contribution >= 0.6 is 0 Å². The molecule has 0 aliphatic rings. The van der Waals surface area contributed by atoms with E-state index in [-0.39, 0.29) is 17.9 Å². The van der Waals surface area contributed by atoms with Crippen molar-refractivity contribution in [3.63, 3.8) is 0 Å². The minimum Gasteiger partial charge on any atom is -0.343 e. The summed E-state index contributed by atoms with van der Waals surface area (Å²) in [5.41, 5.74) is 3.88. The molecule has 5 nitrogen and oxygen atoms in total. The molecule has 1 heterocycles. The largest absolute Gasteiger partial charge is 0.343 e. The highest BCUT2D eigenvalue weighted by atomic mass is 16.5. The maximum absolute atomic E-state index is 12.3. The second-order valence-electron chi connectivity index (χ2n) is 7.39. The zero-order valence-electron chi connectivity index (χ0n) is 15.5. The number of carbonyl (C=O) groups excluding carboxylic acids is 1. The molecule has 0 saturated heterocycles. The van der Waals surface area contributed by atoms with E-state index >= 15 is 0 Å². The van der Waals surface area contributed by atoms with Crippen molar-refractivity contribution in [1.29, 1.82) is 0 Å². The average Bonchev–Trinajstić information content (AvgIpc) is 3.08. The quantitative estimate of drug-likeness (QED) is 0.764. The second-order valence-corrected chi connectivity index (χ2v) is 7.39. The van der Waals surface area contributed by atoms with Gasteiger partial charge >= 0.3 is 0 Å². The molecule has 0 aliphatic heterocycles. The lowest BCUT2D eigenvalue weighted by atomic mass is 9.87. The van der Waals surface area contributed by atoms with Crippen LogP contribution in [0.2, 0.25) is 0 Å². The van der Waals surface area contributed by atoms with Gasteiger partial charge in [0.25, 0.3) is 5.91 Å². The summed E-state index contributed by atoms with van der Waals surface area (Å²) in [7, 11) is 0. The van der Waals surface area contributed by atoms with E-state index in [1.54, 1.807) is 0 Å². The Morgan fingerprint density at radius 3 is 2.50 bits per heavy atom. The van der Waals surface area contributed by atoms with Gasteiger partial charge in [0.1, 0.15) is 0 Å². The molecule has 0 saturated carbocycles. The Morgan fingerprint density at radius 2 is 1.85 bits per heavy atom. The zero-order chi connectivity index (χ0) is 18.7. The lowest BCUT2D eigenvalue weighted by molar-refractivity contribution is 0.0946. The number of amides is 1. The maximum atomic E-state index is 12.3. The molecule has 0 aliphatic carbocycles. The highest BCUT2D eigenvalue weighted by molar-refractivity contribution is 5.94. The van der Waals surface area contributed by atoms with Crippen LogP contribution in [0, 0.1) is 6.92 Å². The van der Waals surface area contributed by atoms with E-state index in [0.717, 1.165) is 11.1 Å². The minimum absolute atomic E-state index is 0.0605. The molecule has 3 aromatic rings. The third-order valence-corrected chi connectivity index (χ3v) is 4.16. The van der Waals surface area contributed by atoms with Crippen molar-refractivity contribution < 1.29 is 9.32 Å². The van der Waals surface area contributed by atoms with Gasteiger partial charge in [-0.25, -0.2) is 0 Å². The standard InChI is InChI=1S/C21H23N3O2/c1-14-6-5-7-16(12-14)19-23-18(26-24-19)13-22-20(25)15-8-10-17(11-9-15)21(2,3)4/h5-12H,13H2,1-4H3,(H,22,25). The van der Waals surface area contributed by atoms with Gasteiger partial charge in [-0.3, -0.25) is 4.79 Å². The minimum atomic E-state index is -0.166. The molecule has 134 valence electrons. The van der Waals surface area contributed by atoms with Crippen molar-refractivity contribution in [1.82, 2.24) is 15.5 Å². The summed E-state index contributed by atoms with van der Waals surface area (Å²) in [5.74, 6) is 0.731. The van der Waals surface area contributed by atoms with Crippen LogP contribution in [0.3, 0.4) is 0 Å². The van der Waals surface area contributed by atoms with Gasteiger partial charge in [-0.05, 0) is 36.1 Å². The number of hydrogen-bond acceptors (Lipinski definition) is 4. The van der Waals surface area contributed by atoms with Gasteiger partial charge in [-0.2, -0.15) is 4.98 Å². The third kappa shape index (κ3) is 4.17. The van der Waals surface area contributed by atoms with E-state index in [1.807, 2.05) is 55.5 Å². The third-order valence-electron chi connectivity index (χ3n) is 4.16. The predicted octanol–water partition coefficient (Wildman–Crippen LogP) is 4.27. The van der Waals surface area contributed by atoms with Gasteiger partial charge in [0.15, 0.2) is 0 Å². The van der Waals surface area contributed by atoms with Crippen molar-refractivity contribution in [2.24, 2.45) is 0 Å². The van der Waals surface area contributed by atoms with Crippen LogP contribution in [-0.2, 0) is 12.0 Å². The molecule has 5 heteroatoms. The van der Waals surface area contributed by atoms with E-state index in [4.69, 9.17) is 4.52 Å². The van der Waals surface area contributed by atoms with Crippen molar-refractivity contribution >= 4 is 5.91 Å². The van der Waals surface area contributed by atoms with Crippen molar-refractivity contribution in [2.75, 3.05) is 0 Å². The van der Waals surface area contributed by atoms with Crippen LogP contribution < -0.4 is 5.32 Å². The number of aromatic nitrogens is 2. The van der Waals surface area contributed by atoms with E-state index in [9.17, 15) is 4.79 Å². The van der Waals surface area contributed by atoms with Crippen LogP contribution in [0.5, 0.6) is 0 Å². The molecule has 0 atom stereocenters. The smallest absolute Gasteiger partial charge is 0.251 e. The fraction of sp³-hybridized carbons (Fsp3) is 0.286. The highest BCUT2D eigenvalue weighted by Crippen LogP contribution is 2.22. The second kappa shape index (κ2) is 7.12. The van der Waals surface area contributed by atoms with E-state index in [2.05, 4.69) is 36.2 Å². The van der Waals surface area contributed by atoms with Crippen molar-refractivity contribution in [3.8, 4) is 11.4 Å². The highest BCUT2D eigenvalue weighted by Gasteiger charge is 2.15. The molecule has 3 rings (SSSR count). The number of carbonyl (C=O) groups is 1. The molecule has 0 fully saturated rings. The van der Waals surface area contributed by atoms with Gasteiger partial charge in [0, 0.05) is 11.1 Å². The maximum Gasteiger partial charge on any atom is 0.251 e. The summed E-state index contributed by atoms with van der Waals surface area (Å²) < 4.78 is 5.23. The summed E-state index contributed by atoms with van der Waals surface area (Å²) >= 11 is 0. The molecule has 1 aromatic heterocycles. The number of nitrogens with zero attached hydrogens (tertiary/aromatic N) is 2. The van der Waals surface area contributed by atoms with E-state index in [1.165, 1.54) is 5.56 Å². The van der Waals surface area contributed by atoms with Crippen LogP contribution in [0.4, 0.5) is 0 Å². The van der Waals surface area contributed by atoms with Gasteiger partial charge in [0.2, 0.25) is 11.7 Å². The summed E-state index contributed by atoms with van der Waals surface area (Å²) in [6, 6.07) is 15.5. The fourth-order valence-corrected chi connectivity index (χ4v) is 2.61. The van der Waals surface area contributed by atoms with Crippen LogP contribution in [0.1, 0.15) is 48.1 Å². The van der Waals surface area contributed by atoms with Gasteiger partial charge in [0.05, 0.1) is 6.54 Å². The van der Waals surface area contributed by atoms with Gasteiger partial charge in [-0.1, -0.05) is 61.8 Å². The molecule has 0 spiro atoms. The van der Waals surface area contributed by atoms with Gasteiger partial charge in [-0.15, -0.1) is 0 Å². The Kier molecular flexibility index (Phi) is 4.89. The fourth-order valence-electron chi connectivity index (χ4n) is 2.61. The van der Waals surface area contributed by atoms with Crippen LogP contribution in [0.15, 0.2) is 53.1 Å². The number of hydrogen-bond donors (Lipinski definition) is 1. The predicted molar refractivity (Wildman–Crippen MR) is 101 cm³/mol. The molecule has 26 heavy (non-hydrogen) atoms. The SMILES string of the molecule is Cc1cccc(-c2noc(CNC(=O)c3ccc(C(C)(C)C)cc3)n2)c1. The molecular formula is C21H23N3O2. The molecule has 0 radical (unpaired) electrons. The first-order chi connectivity index (χ1) is 12.3. The van der Waals surface area contributed by atoms with Crippen molar-refractivity contribution in [2.45, 2.75) is 39.7 Å². The molecule has 1 amide bonds. The Balaban J connectivity index is 1.63.